The van der Waals surface area contributed by atoms with Gasteiger partial charge in [-0.2, -0.15) is 13.2 Å². The van der Waals surface area contributed by atoms with Crippen molar-refractivity contribution in [2.75, 3.05) is 13.6 Å². The van der Waals surface area contributed by atoms with Crippen molar-refractivity contribution in [2.24, 2.45) is 5.41 Å². The van der Waals surface area contributed by atoms with Crippen molar-refractivity contribution in [1.82, 2.24) is 4.90 Å². The summed E-state index contributed by atoms with van der Waals surface area (Å²) in [4.78, 5) is 26.0. The van der Waals surface area contributed by atoms with Gasteiger partial charge in [-0.1, -0.05) is 52.5 Å². The number of allylic oxidation sites excluding steroid dienone is 1. The van der Waals surface area contributed by atoms with E-state index in [1.54, 1.807) is 0 Å². The minimum absolute atomic E-state index is 0.0431. The number of halogens is 10. The molecule has 1 fully saturated rings. The van der Waals surface area contributed by atoms with E-state index in [-0.39, 0.29) is 56.0 Å². The van der Waals surface area contributed by atoms with Crippen molar-refractivity contribution in [1.29, 1.82) is 0 Å². The standard InChI is InChI=1S/C26H21Cl4F6NO2/c1-24(32,33)16(14-8-18(28)22(30)19(29)9-14)10-20(31)13-3-4-15(17(27)7-13)21(38)11-25(5-6-25)23(39)37(2)12-26(34,35)36/h3-4,7-10,16H,5-6,11-12H2,1-2H3/b20-10-. The lowest BCUT2D eigenvalue weighted by atomic mass is 9.91. The van der Waals surface area contributed by atoms with Crippen LogP contribution in [-0.2, 0) is 4.79 Å². The van der Waals surface area contributed by atoms with Crippen LogP contribution in [0.4, 0.5) is 26.3 Å². The fourth-order valence-electron chi connectivity index (χ4n) is 4.19. The van der Waals surface area contributed by atoms with Gasteiger partial charge in [-0.15, -0.1) is 0 Å². The number of alkyl halides is 5. The van der Waals surface area contributed by atoms with Crippen LogP contribution < -0.4 is 0 Å². The maximum Gasteiger partial charge on any atom is 0.406 e. The summed E-state index contributed by atoms with van der Waals surface area (Å²) < 4.78 is 82.1. The topological polar surface area (TPSA) is 37.4 Å². The zero-order valence-corrected chi connectivity index (χ0v) is 23.4. The molecule has 0 aliphatic heterocycles. The van der Waals surface area contributed by atoms with Gasteiger partial charge in [0.1, 0.15) is 12.4 Å². The molecular weight excluding hydrogens is 614 g/mol. The Bertz CT molecular complexity index is 1300. The second kappa shape index (κ2) is 11.5. The summed E-state index contributed by atoms with van der Waals surface area (Å²) in [5.41, 5.74) is -1.64. The minimum atomic E-state index is -4.59. The monoisotopic (exact) mass is 633 g/mol. The highest BCUT2D eigenvalue weighted by Crippen LogP contribution is 2.51. The number of ketones is 1. The molecule has 0 aromatic heterocycles. The summed E-state index contributed by atoms with van der Waals surface area (Å²) in [7, 11) is 1.01. The molecule has 3 nitrogen and oxygen atoms in total. The Balaban J connectivity index is 1.84. The third-order valence-corrected chi connectivity index (χ3v) is 7.85. The lowest BCUT2D eigenvalue weighted by molar-refractivity contribution is -0.161. The lowest BCUT2D eigenvalue weighted by Gasteiger charge is -2.24. The van der Waals surface area contributed by atoms with E-state index in [2.05, 4.69) is 0 Å². The van der Waals surface area contributed by atoms with Gasteiger partial charge in [-0.05, 0) is 48.7 Å². The van der Waals surface area contributed by atoms with E-state index in [9.17, 15) is 31.5 Å². The molecule has 3 rings (SSSR count). The van der Waals surface area contributed by atoms with Crippen molar-refractivity contribution >= 4 is 63.9 Å². The molecule has 0 bridgehead atoms. The van der Waals surface area contributed by atoms with Crippen LogP contribution in [0.15, 0.2) is 36.4 Å². The van der Waals surface area contributed by atoms with E-state index in [1.807, 2.05) is 0 Å². The minimum Gasteiger partial charge on any atom is -0.336 e. The Kier molecular flexibility index (Phi) is 9.32. The highest BCUT2D eigenvalue weighted by molar-refractivity contribution is 6.48. The average molecular weight is 635 g/mol. The number of amides is 1. The SMILES string of the molecule is CN(CC(F)(F)F)C(=O)C1(CC(=O)c2ccc(/C(F)=C/C(c3cc(Cl)c(Cl)c(Cl)c3)C(C)(F)F)cc2Cl)CC1. The number of hydrogen-bond donors (Lipinski definition) is 0. The first-order valence-electron chi connectivity index (χ1n) is 11.4. The molecule has 1 aliphatic carbocycles. The summed E-state index contributed by atoms with van der Waals surface area (Å²) >= 11 is 24.0. The fourth-order valence-corrected chi connectivity index (χ4v) is 5.09. The number of Topliss-reactive ketones (excluding diaryl/α,β-unsaturated/α-hetero) is 1. The van der Waals surface area contributed by atoms with Crippen molar-refractivity contribution in [3.8, 4) is 0 Å². The van der Waals surface area contributed by atoms with Crippen LogP contribution in [0.25, 0.3) is 5.83 Å². The van der Waals surface area contributed by atoms with Crippen molar-refractivity contribution in [3.05, 3.63) is 73.2 Å². The first-order valence-corrected chi connectivity index (χ1v) is 12.9. The molecule has 1 unspecified atom stereocenters. The van der Waals surface area contributed by atoms with E-state index >= 15 is 4.39 Å². The van der Waals surface area contributed by atoms with Gasteiger partial charge in [0.25, 0.3) is 5.92 Å². The predicted molar refractivity (Wildman–Crippen MR) is 140 cm³/mol. The fraction of sp³-hybridized carbons (Fsp3) is 0.385. The number of carbonyl (C=O) groups is 2. The summed E-state index contributed by atoms with van der Waals surface area (Å²) in [6.45, 7) is -0.858. The maximum atomic E-state index is 15.2. The molecule has 212 valence electrons. The zero-order chi connectivity index (χ0) is 29.5. The largest absolute Gasteiger partial charge is 0.406 e. The predicted octanol–water partition coefficient (Wildman–Crippen LogP) is 9.42. The van der Waals surface area contributed by atoms with Gasteiger partial charge in [0.05, 0.1) is 31.4 Å². The molecule has 0 heterocycles. The van der Waals surface area contributed by atoms with Gasteiger partial charge in [0, 0.05) is 31.5 Å². The van der Waals surface area contributed by atoms with E-state index in [1.165, 1.54) is 6.07 Å². The smallest absolute Gasteiger partial charge is 0.336 e. The summed E-state index contributed by atoms with van der Waals surface area (Å²) in [5.74, 6) is -7.73. The molecule has 1 amide bonds. The van der Waals surface area contributed by atoms with Gasteiger partial charge in [-0.25, -0.2) is 13.2 Å². The van der Waals surface area contributed by atoms with Gasteiger partial charge in [-0.3, -0.25) is 9.59 Å². The van der Waals surface area contributed by atoms with Crippen LogP contribution in [0.1, 0.15) is 53.6 Å². The number of hydrogen-bond acceptors (Lipinski definition) is 2. The molecule has 0 saturated heterocycles. The molecule has 2 aromatic rings. The van der Waals surface area contributed by atoms with Crippen LogP contribution >= 0.6 is 46.4 Å². The van der Waals surface area contributed by atoms with Gasteiger partial charge in [0.2, 0.25) is 5.91 Å². The molecule has 2 aromatic carbocycles. The third kappa shape index (κ3) is 7.63. The summed E-state index contributed by atoms with van der Waals surface area (Å²) in [5, 5.41) is -0.446. The molecule has 1 aliphatic rings. The Morgan fingerprint density at radius 1 is 1.00 bits per heavy atom. The van der Waals surface area contributed by atoms with Crippen LogP contribution in [0.3, 0.4) is 0 Å². The Morgan fingerprint density at radius 2 is 1.56 bits per heavy atom. The van der Waals surface area contributed by atoms with Crippen LogP contribution in [0.5, 0.6) is 0 Å². The van der Waals surface area contributed by atoms with Crippen molar-refractivity contribution in [2.45, 2.75) is 44.2 Å². The van der Waals surface area contributed by atoms with E-state index in [0.717, 1.165) is 31.3 Å². The Hall–Kier alpha value is -1.94. The van der Waals surface area contributed by atoms with Crippen LogP contribution in [-0.4, -0.2) is 42.3 Å². The summed E-state index contributed by atoms with van der Waals surface area (Å²) in [6, 6.07) is 5.68. The maximum absolute atomic E-state index is 15.2. The summed E-state index contributed by atoms with van der Waals surface area (Å²) in [6.07, 6.45) is -3.84. The highest BCUT2D eigenvalue weighted by Gasteiger charge is 2.53. The number of nitrogens with zero attached hydrogens (tertiary/aromatic N) is 1. The van der Waals surface area contributed by atoms with Crippen LogP contribution in [0.2, 0.25) is 20.1 Å². The second-order valence-electron chi connectivity index (χ2n) is 9.60. The van der Waals surface area contributed by atoms with E-state index in [0.29, 0.717) is 17.9 Å². The van der Waals surface area contributed by atoms with E-state index < -0.39 is 47.5 Å². The molecule has 39 heavy (non-hydrogen) atoms. The average Bonchev–Trinajstić information content (AvgIpc) is 3.58. The quantitative estimate of drug-likeness (QED) is 0.157. The van der Waals surface area contributed by atoms with Gasteiger partial charge < -0.3 is 4.90 Å². The first kappa shape index (κ1) is 31.6. The molecule has 0 radical (unpaired) electrons. The lowest BCUT2D eigenvalue weighted by Crippen LogP contribution is -2.41. The van der Waals surface area contributed by atoms with E-state index in [4.69, 9.17) is 46.4 Å². The van der Waals surface area contributed by atoms with Gasteiger partial charge >= 0.3 is 6.18 Å². The van der Waals surface area contributed by atoms with Crippen molar-refractivity contribution < 1.29 is 35.9 Å². The number of rotatable bonds is 9. The van der Waals surface area contributed by atoms with Gasteiger partial charge in [0.15, 0.2) is 5.78 Å². The Morgan fingerprint density at radius 3 is 2.03 bits per heavy atom. The molecular formula is C26H21Cl4F6NO2. The second-order valence-corrected chi connectivity index (χ2v) is 11.2. The third-order valence-electron chi connectivity index (χ3n) is 6.34. The normalized spacial score (nSPS) is 16.2. The van der Waals surface area contributed by atoms with Crippen LogP contribution in [0, 0.1) is 5.41 Å². The highest BCUT2D eigenvalue weighted by atomic mass is 35.5. The molecule has 13 heteroatoms. The molecule has 0 spiro atoms. The zero-order valence-electron chi connectivity index (χ0n) is 20.4. The number of carbonyl (C=O) groups excluding carboxylic acids is 2. The molecule has 0 N–H and O–H groups in total. The molecule has 1 atom stereocenters. The molecule has 1 saturated carbocycles. The number of benzene rings is 2. The van der Waals surface area contributed by atoms with Crippen molar-refractivity contribution in [3.63, 3.8) is 0 Å². The Labute approximate surface area is 240 Å². The first-order chi connectivity index (χ1) is 17.8.